The fourth-order valence-corrected chi connectivity index (χ4v) is 3.18. The molecule has 0 saturated heterocycles. The maximum absolute atomic E-state index is 6.38. The van der Waals surface area contributed by atoms with E-state index in [1.807, 2.05) is 6.07 Å². The second kappa shape index (κ2) is 7.87. The van der Waals surface area contributed by atoms with Gasteiger partial charge in [-0.05, 0) is 44.0 Å². The van der Waals surface area contributed by atoms with Crippen molar-refractivity contribution in [1.82, 2.24) is 5.32 Å². The van der Waals surface area contributed by atoms with E-state index in [-0.39, 0.29) is 5.60 Å². The van der Waals surface area contributed by atoms with Crippen molar-refractivity contribution in [2.75, 3.05) is 13.2 Å². The van der Waals surface area contributed by atoms with E-state index in [0.717, 1.165) is 56.8 Å². The SMILES string of the molecule is CCCCOc1ccc2c(c1)C(NCC)CC(CC)(CC)O2. The molecular formula is C19H31NO2. The molecule has 1 heterocycles. The average molecular weight is 305 g/mol. The summed E-state index contributed by atoms with van der Waals surface area (Å²) in [5.74, 6) is 1.97. The monoisotopic (exact) mass is 305 g/mol. The van der Waals surface area contributed by atoms with Gasteiger partial charge < -0.3 is 14.8 Å². The molecule has 0 aliphatic carbocycles. The number of benzene rings is 1. The summed E-state index contributed by atoms with van der Waals surface area (Å²) in [7, 11) is 0. The summed E-state index contributed by atoms with van der Waals surface area (Å²) in [6.45, 7) is 10.5. The number of nitrogens with one attached hydrogen (secondary N) is 1. The highest BCUT2D eigenvalue weighted by Gasteiger charge is 2.38. The molecule has 1 atom stereocenters. The lowest BCUT2D eigenvalue weighted by Crippen LogP contribution is -2.43. The maximum Gasteiger partial charge on any atom is 0.125 e. The number of hydrogen-bond donors (Lipinski definition) is 1. The molecule has 0 radical (unpaired) electrons. The molecule has 0 saturated carbocycles. The van der Waals surface area contributed by atoms with Crippen molar-refractivity contribution in [3.8, 4) is 11.5 Å². The Bertz CT molecular complexity index is 469. The summed E-state index contributed by atoms with van der Waals surface area (Å²) in [6, 6.07) is 6.63. The predicted molar refractivity (Wildman–Crippen MR) is 91.8 cm³/mol. The van der Waals surface area contributed by atoms with Crippen molar-refractivity contribution in [1.29, 1.82) is 0 Å². The summed E-state index contributed by atoms with van der Waals surface area (Å²) in [4.78, 5) is 0. The zero-order valence-corrected chi connectivity index (χ0v) is 14.6. The second-order valence-electron chi connectivity index (χ2n) is 6.21. The Morgan fingerprint density at radius 3 is 2.64 bits per heavy atom. The number of hydrogen-bond acceptors (Lipinski definition) is 3. The van der Waals surface area contributed by atoms with Crippen LogP contribution in [0.3, 0.4) is 0 Å². The molecule has 1 aliphatic heterocycles. The molecule has 3 heteroatoms. The lowest BCUT2D eigenvalue weighted by atomic mass is 9.83. The van der Waals surface area contributed by atoms with E-state index in [2.05, 4.69) is 45.1 Å². The van der Waals surface area contributed by atoms with Gasteiger partial charge in [0.25, 0.3) is 0 Å². The first kappa shape index (κ1) is 17.1. The van der Waals surface area contributed by atoms with Crippen molar-refractivity contribution >= 4 is 0 Å². The first-order chi connectivity index (χ1) is 10.7. The van der Waals surface area contributed by atoms with E-state index < -0.39 is 0 Å². The van der Waals surface area contributed by atoms with Gasteiger partial charge in [-0.1, -0.05) is 34.1 Å². The number of ether oxygens (including phenoxy) is 2. The van der Waals surface area contributed by atoms with Gasteiger partial charge in [-0.25, -0.2) is 0 Å². The molecule has 2 rings (SSSR count). The lowest BCUT2D eigenvalue weighted by Gasteiger charge is -2.42. The molecule has 0 bridgehead atoms. The van der Waals surface area contributed by atoms with Crippen molar-refractivity contribution in [3.05, 3.63) is 23.8 Å². The zero-order chi connectivity index (χ0) is 16.0. The van der Waals surface area contributed by atoms with Crippen LogP contribution in [0.2, 0.25) is 0 Å². The Balaban J connectivity index is 2.24. The minimum atomic E-state index is -0.0373. The largest absolute Gasteiger partial charge is 0.494 e. The van der Waals surface area contributed by atoms with Gasteiger partial charge in [-0.15, -0.1) is 0 Å². The molecule has 1 aliphatic rings. The molecule has 1 aromatic carbocycles. The third-order valence-electron chi connectivity index (χ3n) is 4.77. The Labute approximate surface area is 135 Å². The lowest BCUT2D eigenvalue weighted by molar-refractivity contribution is 0.0229. The Morgan fingerprint density at radius 1 is 1.23 bits per heavy atom. The van der Waals surface area contributed by atoms with Gasteiger partial charge in [0.05, 0.1) is 6.61 Å². The minimum Gasteiger partial charge on any atom is -0.494 e. The molecule has 0 fully saturated rings. The van der Waals surface area contributed by atoms with Gasteiger partial charge in [-0.3, -0.25) is 0 Å². The summed E-state index contributed by atoms with van der Waals surface area (Å²) >= 11 is 0. The maximum atomic E-state index is 6.38. The van der Waals surface area contributed by atoms with Crippen molar-refractivity contribution in [2.24, 2.45) is 0 Å². The van der Waals surface area contributed by atoms with Crippen LogP contribution in [0.25, 0.3) is 0 Å². The van der Waals surface area contributed by atoms with Gasteiger partial charge in [0.1, 0.15) is 17.1 Å². The normalized spacial score (nSPS) is 19.4. The molecule has 3 nitrogen and oxygen atoms in total. The molecule has 124 valence electrons. The smallest absolute Gasteiger partial charge is 0.125 e. The van der Waals surface area contributed by atoms with Gasteiger partial charge in [-0.2, -0.15) is 0 Å². The van der Waals surface area contributed by atoms with E-state index in [0.29, 0.717) is 6.04 Å². The predicted octanol–water partition coefficient (Wildman–Crippen LogP) is 4.86. The van der Waals surface area contributed by atoms with Gasteiger partial charge in [0.2, 0.25) is 0 Å². The number of rotatable bonds is 8. The third-order valence-corrected chi connectivity index (χ3v) is 4.77. The van der Waals surface area contributed by atoms with E-state index >= 15 is 0 Å². The Kier molecular flexibility index (Phi) is 6.13. The molecule has 1 N–H and O–H groups in total. The molecule has 22 heavy (non-hydrogen) atoms. The Hall–Kier alpha value is -1.22. The van der Waals surface area contributed by atoms with Crippen LogP contribution < -0.4 is 14.8 Å². The second-order valence-corrected chi connectivity index (χ2v) is 6.21. The quantitative estimate of drug-likeness (QED) is 0.696. The minimum absolute atomic E-state index is 0.0373. The first-order valence-corrected chi connectivity index (χ1v) is 8.87. The van der Waals surface area contributed by atoms with E-state index in [1.165, 1.54) is 5.56 Å². The van der Waals surface area contributed by atoms with Crippen LogP contribution in [-0.4, -0.2) is 18.8 Å². The number of unbranched alkanes of at least 4 members (excludes halogenated alkanes) is 1. The van der Waals surface area contributed by atoms with Gasteiger partial charge in [0.15, 0.2) is 0 Å². The molecule has 0 amide bonds. The topological polar surface area (TPSA) is 30.5 Å². The highest BCUT2D eigenvalue weighted by Crippen LogP contribution is 2.43. The summed E-state index contributed by atoms with van der Waals surface area (Å²) < 4.78 is 12.2. The van der Waals surface area contributed by atoms with Crippen molar-refractivity contribution in [3.63, 3.8) is 0 Å². The van der Waals surface area contributed by atoms with Crippen LogP contribution in [0.15, 0.2) is 18.2 Å². The molecule has 1 aromatic rings. The summed E-state index contributed by atoms with van der Waals surface area (Å²) in [5.41, 5.74) is 1.21. The van der Waals surface area contributed by atoms with Crippen LogP contribution in [0.1, 0.15) is 71.4 Å². The van der Waals surface area contributed by atoms with Crippen LogP contribution in [0.4, 0.5) is 0 Å². The first-order valence-electron chi connectivity index (χ1n) is 8.87. The van der Waals surface area contributed by atoms with E-state index in [4.69, 9.17) is 9.47 Å². The highest BCUT2D eigenvalue weighted by atomic mass is 16.5. The summed E-state index contributed by atoms with van der Waals surface area (Å²) in [5, 5.41) is 3.62. The van der Waals surface area contributed by atoms with Crippen LogP contribution >= 0.6 is 0 Å². The van der Waals surface area contributed by atoms with E-state index in [1.54, 1.807) is 0 Å². The standard InChI is InChI=1S/C19H31NO2/c1-5-9-12-21-15-10-11-18-16(13-15)17(20-8-4)14-19(6-2,7-3)22-18/h10-11,13,17,20H,5-9,12,14H2,1-4H3. The molecule has 0 spiro atoms. The van der Waals surface area contributed by atoms with Crippen molar-refractivity contribution in [2.45, 2.75) is 71.4 Å². The average Bonchev–Trinajstić information content (AvgIpc) is 2.55. The molecule has 0 aromatic heterocycles. The fraction of sp³-hybridized carbons (Fsp3) is 0.684. The zero-order valence-electron chi connectivity index (χ0n) is 14.6. The molecule has 1 unspecified atom stereocenters. The van der Waals surface area contributed by atoms with Gasteiger partial charge >= 0.3 is 0 Å². The molecular weight excluding hydrogens is 274 g/mol. The fourth-order valence-electron chi connectivity index (χ4n) is 3.18. The number of fused-ring (bicyclic) bond motifs is 1. The van der Waals surface area contributed by atoms with Crippen LogP contribution in [0, 0.1) is 0 Å². The summed E-state index contributed by atoms with van der Waals surface area (Å²) in [6.07, 6.45) is 5.36. The third kappa shape index (κ3) is 3.75. The van der Waals surface area contributed by atoms with Crippen LogP contribution in [0.5, 0.6) is 11.5 Å². The highest BCUT2D eigenvalue weighted by molar-refractivity contribution is 5.44. The van der Waals surface area contributed by atoms with Crippen LogP contribution in [-0.2, 0) is 0 Å². The van der Waals surface area contributed by atoms with E-state index in [9.17, 15) is 0 Å². The Morgan fingerprint density at radius 2 is 2.00 bits per heavy atom. The van der Waals surface area contributed by atoms with Gasteiger partial charge in [0, 0.05) is 18.0 Å². The van der Waals surface area contributed by atoms with Crippen molar-refractivity contribution < 1.29 is 9.47 Å².